The van der Waals surface area contributed by atoms with E-state index in [-0.39, 0.29) is 5.92 Å². The second-order valence-corrected chi connectivity index (χ2v) is 5.53. The van der Waals surface area contributed by atoms with Crippen molar-refractivity contribution in [2.75, 3.05) is 33.4 Å². The van der Waals surface area contributed by atoms with Crippen LogP contribution in [-0.4, -0.2) is 55.4 Å². The normalized spacial score (nSPS) is 17.9. The van der Waals surface area contributed by atoms with Crippen LogP contribution in [0.3, 0.4) is 0 Å². The third-order valence-corrected chi connectivity index (χ3v) is 4.10. The van der Waals surface area contributed by atoms with Gasteiger partial charge in [-0.15, -0.1) is 0 Å². The molecule has 0 aliphatic carbocycles. The van der Waals surface area contributed by atoms with Crippen LogP contribution in [-0.2, 0) is 4.79 Å². The van der Waals surface area contributed by atoms with Crippen molar-refractivity contribution in [1.82, 2.24) is 4.90 Å². The lowest BCUT2D eigenvalue weighted by molar-refractivity contribution is -0.129. The first kappa shape index (κ1) is 16.6. The fourth-order valence-corrected chi connectivity index (χ4v) is 2.75. The van der Waals surface area contributed by atoms with Gasteiger partial charge in [-0.25, -0.2) is 0 Å². The van der Waals surface area contributed by atoms with Crippen molar-refractivity contribution in [3.8, 4) is 11.5 Å². The molecule has 122 valence electrons. The number of carbonyl (C=O) groups is 1. The maximum Gasteiger partial charge on any atom is 0.246 e. The van der Waals surface area contributed by atoms with Gasteiger partial charge in [0.15, 0.2) is 11.5 Å². The van der Waals surface area contributed by atoms with Crippen molar-refractivity contribution in [3.63, 3.8) is 0 Å². The summed E-state index contributed by atoms with van der Waals surface area (Å²) in [4.78, 5) is 13.3. The van der Waals surface area contributed by atoms with Gasteiger partial charge in [-0.1, -0.05) is 12.1 Å². The number of amides is 1. The van der Waals surface area contributed by atoms with Gasteiger partial charge in [0.1, 0.15) is 12.7 Å². The Kier molecular flexibility index (Phi) is 6.03. The van der Waals surface area contributed by atoms with Crippen LogP contribution < -0.4 is 15.2 Å². The van der Waals surface area contributed by atoms with E-state index < -0.39 is 12.0 Å². The molecule has 0 spiro atoms. The van der Waals surface area contributed by atoms with Gasteiger partial charge in [-0.05, 0) is 44.0 Å². The van der Waals surface area contributed by atoms with Crippen molar-refractivity contribution < 1.29 is 19.4 Å². The third-order valence-electron chi connectivity index (χ3n) is 4.10. The number of nitrogens with two attached hydrogens (primary N) is 1. The van der Waals surface area contributed by atoms with Crippen LogP contribution in [0.4, 0.5) is 0 Å². The maximum atomic E-state index is 11.0. The van der Waals surface area contributed by atoms with Crippen LogP contribution in [0.1, 0.15) is 12.8 Å². The summed E-state index contributed by atoms with van der Waals surface area (Å²) in [5.41, 5.74) is 5.14. The van der Waals surface area contributed by atoms with Crippen molar-refractivity contribution in [2.45, 2.75) is 18.9 Å². The number of likely N-dealkylation sites (tertiary alicyclic amines) is 1. The van der Waals surface area contributed by atoms with Gasteiger partial charge >= 0.3 is 0 Å². The molecule has 6 nitrogen and oxygen atoms in total. The predicted octanol–water partition coefficient (Wildman–Crippen LogP) is 0.632. The van der Waals surface area contributed by atoms with E-state index >= 15 is 0 Å². The first-order valence-electron chi connectivity index (χ1n) is 7.57. The molecule has 1 amide bonds. The lowest BCUT2D eigenvalue weighted by Crippen LogP contribution is -2.43. The highest BCUT2D eigenvalue weighted by atomic mass is 16.5. The zero-order chi connectivity index (χ0) is 15.9. The second-order valence-electron chi connectivity index (χ2n) is 5.53. The Hall–Kier alpha value is -1.79. The minimum atomic E-state index is -1.02. The van der Waals surface area contributed by atoms with Crippen molar-refractivity contribution >= 4 is 5.91 Å². The number of ether oxygens (including phenoxy) is 2. The maximum absolute atomic E-state index is 11.0. The summed E-state index contributed by atoms with van der Waals surface area (Å²) >= 11 is 0. The highest BCUT2D eigenvalue weighted by Gasteiger charge is 2.28. The van der Waals surface area contributed by atoms with Gasteiger partial charge in [-0.2, -0.15) is 0 Å². The lowest BCUT2D eigenvalue weighted by atomic mass is 9.91. The average Bonchev–Trinajstić information content (AvgIpc) is 2.55. The van der Waals surface area contributed by atoms with Gasteiger partial charge in [0.05, 0.1) is 7.11 Å². The standard InChI is InChI=1S/C16H24N2O4/c1-21-13-4-2-3-5-14(13)22-11-10-18-8-6-12(7-9-18)15(19)16(17)20/h2-5,12,15,19H,6-11H2,1H3,(H2,17,20)/t15-/m1/s1. The number of piperidine rings is 1. The van der Waals surface area contributed by atoms with Crippen LogP contribution in [0, 0.1) is 5.92 Å². The van der Waals surface area contributed by atoms with Crippen molar-refractivity contribution in [2.24, 2.45) is 11.7 Å². The number of rotatable bonds is 7. The zero-order valence-electron chi connectivity index (χ0n) is 12.9. The molecule has 1 aromatic rings. The Morgan fingerprint density at radius 3 is 2.59 bits per heavy atom. The molecule has 1 heterocycles. The van der Waals surface area contributed by atoms with E-state index in [4.69, 9.17) is 15.2 Å². The molecular formula is C16H24N2O4. The molecule has 3 N–H and O–H groups in total. The number of hydrogen-bond donors (Lipinski definition) is 2. The molecule has 22 heavy (non-hydrogen) atoms. The Bertz CT molecular complexity index is 487. The number of carbonyl (C=O) groups excluding carboxylic acids is 1. The number of aliphatic hydroxyl groups is 1. The summed E-state index contributed by atoms with van der Waals surface area (Å²) in [5, 5.41) is 9.69. The summed E-state index contributed by atoms with van der Waals surface area (Å²) < 4.78 is 11.0. The minimum Gasteiger partial charge on any atom is -0.493 e. The van der Waals surface area contributed by atoms with E-state index in [9.17, 15) is 9.90 Å². The fraction of sp³-hybridized carbons (Fsp3) is 0.562. The Labute approximate surface area is 130 Å². The number of primary amides is 1. The SMILES string of the molecule is COc1ccccc1OCCN1CCC([C@@H](O)C(N)=O)CC1. The zero-order valence-corrected chi connectivity index (χ0v) is 12.9. The molecule has 1 aliphatic rings. The largest absolute Gasteiger partial charge is 0.493 e. The van der Waals surface area contributed by atoms with Gasteiger partial charge < -0.3 is 20.3 Å². The predicted molar refractivity (Wildman–Crippen MR) is 82.9 cm³/mol. The molecule has 0 radical (unpaired) electrons. The van der Waals surface area contributed by atoms with E-state index in [0.717, 1.165) is 44.0 Å². The van der Waals surface area contributed by atoms with Gasteiger partial charge in [0.2, 0.25) is 5.91 Å². The quantitative estimate of drug-likeness (QED) is 0.772. The molecule has 1 saturated heterocycles. The van der Waals surface area contributed by atoms with Crippen LogP contribution in [0.15, 0.2) is 24.3 Å². The molecule has 1 aromatic carbocycles. The fourth-order valence-electron chi connectivity index (χ4n) is 2.75. The second kappa shape index (κ2) is 8.00. The molecule has 1 fully saturated rings. The molecule has 0 aromatic heterocycles. The summed E-state index contributed by atoms with van der Waals surface area (Å²) in [6.45, 7) is 3.05. The van der Waals surface area contributed by atoms with Crippen LogP contribution >= 0.6 is 0 Å². The first-order valence-corrected chi connectivity index (χ1v) is 7.57. The van der Waals surface area contributed by atoms with E-state index in [1.807, 2.05) is 24.3 Å². The van der Waals surface area contributed by atoms with Gasteiger partial charge in [0.25, 0.3) is 0 Å². The summed E-state index contributed by atoms with van der Waals surface area (Å²) in [5.74, 6) is 0.816. The molecule has 6 heteroatoms. The molecular weight excluding hydrogens is 284 g/mol. The summed E-state index contributed by atoms with van der Waals surface area (Å²) in [6, 6.07) is 7.56. The first-order chi connectivity index (χ1) is 10.6. The molecule has 0 bridgehead atoms. The van der Waals surface area contributed by atoms with Crippen LogP contribution in [0.5, 0.6) is 11.5 Å². The summed E-state index contributed by atoms with van der Waals surface area (Å²) in [7, 11) is 1.62. The smallest absolute Gasteiger partial charge is 0.246 e. The number of nitrogens with zero attached hydrogens (tertiary/aromatic N) is 1. The van der Waals surface area contributed by atoms with Gasteiger partial charge in [0, 0.05) is 6.54 Å². The number of aliphatic hydroxyl groups excluding tert-OH is 1. The van der Waals surface area contributed by atoms with E-state index in [0.29, 0.717) is 6.61 Å². The highest BCUT2D eigenvalue weighted by molar-refractivity contribution is 5.78. The van der Waals surface area contributed by atoms with Crippen LogP contribution in [0.25, 0.3) is 0 Å². The Morgan fingerprint density at radius 2 is 2.00 bits per heavy atom. The molecule has 0 unspecified atom stereocenters. The van der Waals surface area contributed by atoms with Crippen LogP contribution in [0.2, 0.25) is 0 Å². The Balaban J connectivity index is 1.72. The summed E-state index contributed by atoms with van der Waals surface area (Å²) in [6.07, 6.45) is 0.532. The molecule has 0 saturated carbocycles. The van der Waals surface area contributed by atoms with Gasteiger partial charge in [-0.3, -0.25) is 9.69 Å². The minimum absolute atomic E-state index is 0.0242. The molecule has 1 atom stereocenters. The highest BCUT2D eigenvalue weighted by Crippen LogP contribution is 2.26. The monoisotopic (exact) mass is 308 g/mol. The van der Waals surface area contributed by atoms with E-state index in [1.165, 1.54) is 0 Å². The number of methoxy groups -OCH3 is 1. The molecule has 1 aliphatic heterocycles. The van der Waals surface area contributed by atoms with E-state index in [2.05, 4.69) is 4.90 Å². The average molecular weight is 308 g/mol. The molecule has 2 rings (SSSR count). The van der Waals surface area contributed by atoms with E-state index in [1.54, 1.807) is 7.11 Å². The number of para-hydroxylation sites is 2. The number of hydrogen-bond acceptors (Lipinski definition) is 5. The Morgan fingerprint density at radius 1 is 1.36 bits per heavy atom. The van der Waals surface area contributed by atoms with Crippen molar-refractivity contribution in [1.29, 1.82) is 0 Å². The lowest BCUT2D eigenvalue weighted by Gasteiger charge is -2.33. The van der Waals surface area contributed by atoms with Crippen molar-refractivity contribution in [3.05, 3.63) is 24.3 Å². The third kappa shape index (κ3) is 4.35. The topological polar surface area (TPSA) is 85.0 Å². The number of benzene rings is 1.